The van der Waals surface area contributed by atoms with E-state index in [1.165, 1.54) is 6.07 Å². The average molecular weight is 234 g/mol. The van der Waals surface area contributed by atoms with E-state index in [1.807, 2.05) is 0 Å². The highest BCUT2D eigenvalue weighted by molar-refractivity contribution is 7.90. The summed E-state index contributed by atoms with van der Waals surface area (Å²) in [5, 5.41) is 0.262. The molecule has 0 amide bonds. The van der Waals surface area contributed by atoms with Crippen LogP contribution in [0.15, 0.2) is 23.1 Å². The third-order valence-corrected chi connectivity index (χ3v) is 3.41. The van der Waals surface area contributed by atoms with Crippen LogP contribution in [0, 0.1) is 0 Å². The Morgan fingerprint density at radius 1 is 1.43 bits per heavy atom. The van der Waals surface area contributed by atoms with Crippen LogP contribution in [0.1, 0.15) is 5.56 Å². The van der Waals surface area contributed by atoms with Gasteiger partial charge in [0, 0.05) is 6.26 Å². The van der Waals surface area contributed by atoms with E-state index >= 15 is 0 Å². The Hall–Kier alpha value is -0.580. The van der Waals surface area contributed by atoms with Crippen molar-refractivity contribution in [2.24, 2.45) is 5.73 Å². The Morgan fingerprint density at radius 2 is 2.07 bits per heavy atom. The average Bonchev–Trinajstić information content (AvgIpc) is 2.02. The summed E-state index contributed by atoms with van der Waals surface area (Å²) in [6.45, 7) is 0.522. The number of sulfone groups is 1. The maximum atomic E-state index is 11.2. The summed E-state index contributed by atoms with van der Waals surface area (Å²) in [5.74, 6) is 0. The van der Waals surface area contributed by atoms with Crippen molar-refractivity contribution < 1.29 is 8.42 Å². The van der Waals surface area contributed by atoms with Crippen molar-refractivity contribution in [1.29, 1.82) is 0 Å². The van der Waals surface area contributed by atoms with E-state index in [4.69, 9.17) is 17.3 Å². The largest absolute Gasteiger partial charge is 0.330 e. The Bertz CT molecular complexity index is 428. The Labute approximate surface area is 88.8 Å². The number of halogens is 1. The molecule has 14 heavy (non-hydrogen) atoms. The fourth-order valence-corrected chi connectivity index (χ4v) is 2.52. The van der Waals surface area contributed by atoms with Crippen molar-refractivity contribution in [2.75, 3.05) is 12.8 Å². The molecule has 0 aliphatic rings. The van der Waals surface area contributed by atoms with Gasteiger partial charge in [-0.1, -0.05) is 17.7 Å². The molecule has 5 heteroatoms. The van der Waals surface area contributed by atoms with Crippen molar-refractivity contribution in [1.82, 2.24) is 0 Å². The highest BCUT2D eigenvalue weighted by Crippen LogP contribution is 2.22. The van der Waals surface area contributed by atoms with E-state index in [2.05, 4.69) is 0 Å². The van der Waals surface area contributed by atoms with Gasteiger partial charge < -0.3 is 5.73 Å². The zero-order valence-electron chi connectivity index (χ0n) is 7.83. The van der Waals surface area contributed by atoms with E-state index in [1.54, 1.807) is 12.1 Å². The first-order valence-corrected chi connectivity index (χ1v) is 6.40. The Morgan fingerprint density at radius 3 is 2.50 bits per heavy atom. The molecule has 0 radical (unpaired) electrons. The standard InChI is InChI=1S/C9H12ClNO2S/c1-14(12,13)9-3-2-7(4-5-11)6-8(9)10/h2-3,6H,4-5,11H2,1H3. The predicted octanol–water partition coefficient (Wildman–Crippen LogP) is 1.24. The molecule has 0 saturated heterocycles. The molecule has 1 aromatic carbocycles. The number of nitrogens with two attached hydrogens (primary N) is 1. The molecular weight excluding hydrogens is 222 g/mol. The highest BCUT2D eigenvalue weighted by atomic mass is 35.5. The van der Waals surface area contributed by atoms with Gasteiger partial charge in [-0.05, 0) is 30.7 Å². The fourth-order valence-electron chi connectivity index (χ4n) is 1.17. The van der Waals surface area contributed by atoms with E-state index in [9.17, 15) is 8.42 Å². The van der Waals surface area contributed by atoms with Crippen LogP contribution >= 0.6 is 11.6 Å². The van der Waals surface area contributed by atoms with Crippen LogP contribution in [0.2, 0.25) is 5.02 Å². The summed E-state index contributed by atoms with van der Waals surface area (Å²) in [5.41, 5.74) is 6.32. The second-order valence-corrected chi connectivity index (χ2v) is 5.47. The molecule has 3 nitrogen and oxygen atoms in total. The molecule has 0 atom stereocenters. The molecule has 0 aliphatic carbocycles. The normalized spacial score (nSPS) is 11.6. The fraction of sp³-hybridized carbons (Fsp3) is 0.333. The van der Waals surface area contributed by atoms with Crippen LogP contribution in [-0.2, 0) is 16.3 Å². The predicted molar refractivity (Wildman–Crippen MR) is 57.3 cm³/mol. The van der Waals surface area contributed by atoms with Crippen molar-refractivity contribution in [3.05, 3.63) is 28.8 Å². The molecular formula is C9H12ClNO2S. The number of benzene rings is 1. The van der Waals surface area contributed by atoms with E-state index in [-0.39, 0.29) is 9.92 Å². The van der Waals surface area contributed by atoms with Gasteiger partial charge >= 0.3 is 0 Å². The zero-order valence-corrected chi connectivity index (χ0v) is 9.40. The van der Waals surface area contributed by atoms with Gasteiger partial charge in [-0.15, -0.1) is 0 Å². The first kappa shape index (κ1) is 11.5. The molecule has 0 spiro atoms. The molecule has 0 aliphatic heterocycles. The van der Waals surface area contributed by atoms with Gasteiger partial charge in [-0.3, -0.25) is 0 Å². The highest BCUT2D eigenvalue weighted by Gasteiger charge is 2.11. The van der Waals surface area contributed by atoms with Gasteiger partial charge in [-0.2, -0.15) is 0 Å². The summed E-state index contributed by atoms with van der Waals surface area (Å²) in [7, 11) is -3.23. The van der Waals surface area contributed by atoms with Gasteiger partial charge in [0.2, 0.25) is 0 Å². The molecule has 0 heterocycles. The molecule has 0 unspecified atom stereocenters. The third kappa shape index (κ3) is 2.70. The first-order chi connectivity index (χ1) is 6.45. The smallest absolute Gasteiger partial charge is 0.176 e. The zero-order chi connectivity index (χ0) is 10.8. The van der Waals surface area contributed by atoms with Gasteiger partial charge in [0.15, 0.2) is 9.84 Å². The monoisotopic (exact) mass is 233 g/mol. The third-order valence-electron chi connectivity index (χ3n) is 1.83. The Kier molecular flexibility index (Phi) is 3.53. The second-order valence-electron chi connectivity index (χ2n) is 3.08. The minimum atomic E-state index is -3.23. The van der Waals surface area contributed by atoms with E-state index in [0.29, 0.717) is 13.0 Å². The van der Waals surface area contributed by atoms with Crippen molar-refractivity contribution >= 4 is 21.4 Å². The SMILES string of the molecule is CS(=O)(=O)c1ccc(CCN)cc1Cl. The lowest BCUT2D eigenvalue weighted by Crippen LogP contribution is -2.04. The lowest BCUT2D eigenvalue weighted by molar-refractivity contribution is 0.602. The summed E-state index contributed by atoms with van der Waals surface area (Å²) >= 11 is 5.83. The summed E-state index contributed by atoms with van der Waals surface area (Å²) in [6, 6.07) is 4.89. The quantitative estimate of drug-likeness (QED) is 0.855. The van der Waals surface area contributed by atoms with Crippen LogP contribution in [0.25, 0.3) is 0 Å². The summed E-state index contributed by atoms with van der Waals surface area (Å²) in [6.07, 6.45) is 1.83. The topological polar surface area (TPSA) is 60.2 Å². The maximum Gasteiger partial charge on any atom is 0.176 e. The molecule has 1 rings (SSSR count). The Balaban J connectivity index is 3.15. The van der Waals surface area contributed by atoms with Gasteiger partial charge in [0.25, 0.3) is 0 Å². The van der Waals surface area contributed by atoms with Gasteiger partial charge in [0.1, 0.15) is 0 Å². The van der Waals surface area contributed by atoms with Crippen molar-refractivity contribution in [2.45, 2.75) is 11.3 Å². The number of hydrogen-bond acceptors (Lipinski definition) is 3. The molecule has 0 saturated carbocycles. The maximum absolute atomic E-state index is 11.2. The van der Waals surface area contributed by atoms with Crippen LogP contribution in [0.3, 0.4) is 0 Å². The summed E-state index contributed by atoms with van der Waals surface area (Å²) < 4.78 is 22.4. The second kappa shape index (κ2) is 4.29. The molecule has 2 N–H and O–H groups in total. The lowest BCUT2D eigenvalue weighted by Gasteiger charge is -2.04. The minimum Gasteiger partial charge on any atom is -0.330 e. The molecule has 0 bridgehead atoms. The number of hydrogen-bond donors (Lipinski definition) is 1. The van der Waals surface area contributed by atoms with Crippen LogP contribution < -0.4 is 5.73 Å². The number of rotatable bonds is 3. The van der Waals surface area contributed by atoms with Crippen molar-refractivity contribution in [3.63, 3.8) is 0 Å². The van der Waals surface area contributed by atoms with Crippen LogP contribution in [-0.4, -0.2) is 21.2 Å². The van der Waals surface area contributed by atoms with E-state index in [0.717, 1.165) is 11.8 Å². The molecule has 0 aromatic heterocycles. The first-order valence-electron chi connectivity index (χ1n) is 4.13. The van der Waals surface area contributed by atoms with Crippen LogP contribution in [0.5, 0.6) is 0 Å². The van der Waals surface area contributed by atoms with Crippen molar-refractivity contribution in [3.8, 4) is 0 Å². The molecule has 1 aromatic rings. The van der Waals surface area contributed by atoms with E-state index < -0.39 is 9.84 Å². The minimum absolute atomic E-state index is 0.167. The lowest BCUT2D eigenvalue weighted by atomic mass is 10.1. The summed E-state index contributed by atoms with van der Waals surface area (Å²) in [4.78, 5) is 0.167. The molecule has 0 fully saturated rings. The molecule has 78 valence electrons. The van der Waals surface area contributed by atoms with Crippen LogP contribution in [0.4, 0.5) is 0 Å². The van der Waals surface area contributed by atoms with Gasteiger partial charge in [0.05, 0.1) is 9.92 Å². The van der Waals surface area contributed by atoms with Gasteiger partial charge in [-0.25, -0.2) is 8.42 Å².